The van der Waals surface area contributed by atoms with Gasteiger partial charge in [-0.1, -0.05) is 12.1 Å². The summed E-state index contributed by atoms with van der Waals surface area (Å²) in [5.74, 6) is 1.08. The molecule has 0 aliphatic heterocycles. The average Bonchev–Trinajstić information content (AvgIpc) is 2.37. The molecule has 0 amide bonds. The maximum absolute atomic E-state index is 5.85. The van der Waals surface area contributed by atoms with Crippen LogP contribution >= 0.6 is 0 Å². The minimum Gasteiger partial charge on any atom is -0.490 e. The lowest BCUT2D eigenvalue weighted by molar-refractivity contribution is 0.122. The van der Waals surface area contributed by atoms with Crippen LogP contribution in [-0.4, -0.2) is 29.8 Å². The van der Waals surface area contributed by atoms with Crippen molar-refractivity contribution in [1.29, 1.82) is 0 Å². The number of nitrogens with two attached hydrogens (primary N) is 2. The summed E-state index contributed by atoms with van der Waals surface area (Å²) in [6, 6.07) is 5.45. The van der Waals surface area contributed by atoms with E-state index in [1.54, 1.807) is 6.08 Å². The number of rotatable bonds is 6. The summed E-state index contributed by atoms with van der Waals surface area (Å²) in [6.45, 7) is 4.95. The minimum absolute atomic E-state index is 0.150. The highest BCUT2D eigenvalue weighted by atomic mass is 16.5. The summed E-state index contributed by atoms with van der Waals surface area (Å²) in [4.78, 5) is 8.06. The van der Waals surface area contributed by atoms with Gasteiger partial charge in [0.05, 0.1) is 24.1 Å². The Balaban J connectivity index is 2.16. The van der Waals surface area contributed by atoms with E-state index in [1.807, 2.05) is 18.2 Å². The molecule has 6 nitrogen and oxygen atoms in total. The predicted octanol–water partition coefficient (Wildman–Crippen LogP) is 1.38. The zero-order chi connectivity index (χ0) is 13.7. The Hall–Kier alpha value is -2.34. The van der Waals surface area contributed by atoms with Crippen LogP contribution in [0.5, 0.6) is 5.75 Å². The summed E-state index contributed by atoms with van der Waals surface area (Å²) < 4.78 is 10.9. The van der Waals surface area contributed by atoms with Gasteiger partial charge >= 0.3 is 0 Å². The van der Waals surface area contributed by atoms with Gasteiger partial charge in [-0.15, -0.1) is 6.58 Å². The number of benzene rings is 1. The molecule has 19 heavy (non-hydrogen) atoms. The molecule has 2 aromatic rings. The summed E-state index contributed by atoms with van der Waals surface area (Å²) in [5, 5.41) is 0.667. The summed E-state index contributed by atoms with van der Waals surface area (Å²) in [6.07, 6.45) is 1.69. The van der Waals surface area contributed by atoms with E-state index in [1.165, 1.54) is 0 Å². The van der Waals surface area contributed by atoms with Gasteiger partial charge in [-0.05, 0) is 12.1 Å². The van der Waals surface area contributed by atoms with Gasteiger partial charge < -0.3 is 20.9 Å². The molecule has 1 heterocycles. The second kappa shape index (κ2) is 6.01. The molecular formula is C13H16N4O2. The predicted molar refractivity (Wildman–Crippen MR) is 74.9 cm³/mol. The van der Waals surface area contributed by atoms with Crippen molar-refractivity contribution in [3.8, 4) is 5.75 Å². The van der Waals surface area contributed by atoms with Crippen molar-refractivity contribution in [3.63, 3.8) is 0 Å². The van der Waals surface area contributed by atoms with Crippen molar-refractivity contribution < 1.29 is 9.47 Å². The highest BCUT2D eigenvalue weighted by molar-refractivity contribution is 5.94. The molecule has 0 saturated carbocycles. The van der Waals surface area contributed by atoms with Crippen molar-refractivity contribution in [2.24, 2.45) is 0 Å². The lowest BCUT2D eigenvalue weighted by atomic mass is 10.2. The van der Waals surface area contributed by atoms with Crippen LogP contribution in [-0.2, 0) is 4.74 Å². The van der Waals surface area contributed by atoms with Crippen LogP contribution in [0.25, 0.3) is 10.9 Å². The summed E-state index contributed by atoms with van der Waals surface area (Å²) >= 11 is 0. The van der Waals surface area contributed by atoms with Gasteiger partial charge in [0.1, 0.15) is 18.2 Å². The first kappa shape index (κ1) is 13.1. The second-order valence-corrected chi connectivity index (χ2v) is 3.83. The monoisotopic (exact) mass is 260 g/mol. The van der Waals surface area contributed by atoms with E-state index in [-0.39, 0.29) is 5.95 Å². The molecule has 4 N–H and O–H groups in total. The van der Waals surface area contributed by atoms with Gasteiger partial charge in [0.15, 0.2) is 0 Å². The number of nitrogens with zero attached hydrogens (tertiary/aromatic N) is 2. The Bertz CT molecular complexity index is 586. The van der Waals surface area contributed by atoms with E-state index < -0.39 is 0 Å². The van der Waals surface area contributed by atoms with Crippen LogP contribution in [0.3, 0.4) is 0 Å². The molecule has 0 spiro atoms. The summed E-state index contributed by atoms with van der Waals surface area (Å²) in [5.41, 5.74) is 12.1. The number of ether oxygens (including phenoxy) is 2. The van der Waals surface area contributed by atoms with Crippen molar-refractivity contribution in [1.82, 2.24) is 9.97 Å². The highest BCUT2D eigenvalue weighted by Crippen LogP contribution is 2.28. The molecule has 0 bridgehead atoms. The van der Waals surface area contributed by atoms with Crippen LogP contribution in [0.1, 0.15) is 0 Å². The third-order valence-corrected chi connectivity index (χ3v) is 2.45. The van der Waals surface area contributed by atoms with E-state index >= 15 is 0 Å². The number of aromatic nitrogens is 2. The quantitative estimate of drug-likeness (QED) is 0.601. The smallest absolute Gasteiger partial charge is 0.222 e. The zero-order valence-electron chi connectivity index (χ0n) is 10.5. The first-order chi connectivity index (χ1) is 9.22. The normalized spacial score (nSPS) is 10.5. The van der Waals surface area contributed by atoms with Crippen LogP contribution in [0.15, 0.2) is 30.9 Å². The van der Waals surface area contributed by atoms with Crippen molar-refractivity contribution in [3.05, 3.63) is 30.9 Å². The Morgan fingerprint density at radius 2 is 2.05 bits per heavy atom. The van der Waals surface area contributed by atoms with Gasteiger partial charge in [0.25, 0.3) is 0 Å². The third-order valence-electron chi connectivity index (χ3n) is 2.45. The lowest BCUT2D eigenvalue weighted by Crippen LogP contribution is -2.08. The first-order valence-electron chi connectivity index (χ1n) is 5.85. The van der Waals surface area contributed by atoms with Crippen molar-refractivity contribution in [2.75, 3.05) is 31.3 Å². The largest absolute Gasteiger partial charge is 0.490 e. The Labute approximate surface area is 111 Å². The van der Waals surface area contributed by atoms with Gasteiger partial charge in [0, 0.05) is 0 Å². The molecule has 1 aromatic heterocycles. The van der Waals surface area contributed by atoms with Gasteiger partial charge in [0.2, 0.25) is 5.95 Å². The molecular weight excluding hydrogens is 244 g/mol. The molecule has 0 fully saturated rings. The Morgan fingerprint density at radius 3 is 2.84 bits per heavy atom. The molecule has 100 valence electrons. The Morgan fingerprint density at radius 1 is 1.21 bits per heavy atom. The van der Waals surface area contributed by atoms with Gasteiger partial charge in [-0.3, -0.25) is 0 Å². The fourth-order valence-electron chi connectivity index (χ4n) is 1.70. The van der Waals surface area contributed by atoms with Gasteiger partial charge in [-0.2, -0.15) is 4.98 Å². The maximum Gasteiger partial charge on any atom is 0.222 e. The summed E-state index contributed by atoms with van der Waals surface area (Å²) in [7, 11) is 0. The SMILES string of the molecule is C=CCOCCOc1cccc2nc(N)nc(N)c12. The van der Waals surface area contributed by atoms with Crippen LogP contribution < -0.4 is 16.2 Å². The maximum atomic E-state index is 5.85. The van der Waals surface area contributed by atoms with Crippen LogP contribution in [0.2, 0.25) is 0 Å². The molecule has 2 rings (SSSR count). The van der Waals surface area contributed by atoms with Crippen LogP contribution in [0.4, 0.5) is 11.8 Å². The number of anilines is 2. The molecule has 1 aromatic carbocycles. The van der Waals surface area contributed by atoms with E-state index in [4.69, 9.17) is 20.9 Å². The molecule has 0 radical (unpaired) electrons. The standard InChI is InChI=1S/C13H16N4O2/c1-2-6-18-7-8-19-10-5-3-4-9-11(10)12(14)17-13(15)16-9/h2-5H,1,6-8H2,(H4,14,15,16,17). The van der Waals surface area contributed by atoms with E-state index in [9.17, 15) is 0 Å². The molecule has 0 atom stereocenters. The highest BCUT2D eigenvalue weighted by Gasteiger charge is 2.09. The Kier molecular flexibility index (Phi) is 4.15. The fourth-order valence-corrected chi connectivity index (χ4v) is 1.70. The molecule has 0 saturated heterocycles. The minimum atomic E-state index is 0.150. The average molecular weight is 260 g/mol. The number of hydrogen-bond acceptors (Lipinski definition) is 6. The fraction of sp³-hybridized carbons (Fsp3) is 0.231. The van der Waals surface area contributed by atoms with Crippen LogP contribution in [0, 0.1) is 0 Å². The van der Waals surface area contributed by atoms with E-state index in [0.717, 1.165) is 0 Å². The van der Waals surface area contributed by atoms with Crippen molar-refractivity contribution >= 4 is 22.7 Å². The molecule has 6 heteroatoms. The molecule has 0 aliphatic carbocycles. The topological polar surface area (TPSA) is 96.3 Å². The molecule has 0 unspecified atom stereocenters. The lowest BCUT2D eigenvalue weighted by Gasteiger charge is -2.10. The third kappa shape index (κ3) is 3.11. The van der Waals surface area contributed by atoms with Crippen molar-refractivity contribution in [2.45, 2.75) is 0 Å². The number of fused-ring (bicyclic) bond motifs is 1. The van der Waals surface area contributed by atoms with Gasteiger partial charge in [-0.25, -0.2) is 4.98 Å². The van der Waals surface area contributed by atoms with E-state index in [2.05, 4.69) is 16.5 Å². The van der Waals surface area contributed by atoms with E-state index in [0.29, 0.717) is 42.3 Å². The first-order valence-corrected chi connectivity index (χ1v) is 5.85. The molecule has 0 aliphatic rings. The number of hydrogen-bond donors (Lipinski definition) is 2. The second-order valence-electron chi connectivity index (χ2n) is 3.83. The number of nitrogen functional groups attached to an aromatic ring is 2. The zero-order valence-corrected chi connectivity index (χ0v) is 10.5.